The Hall–Kier alpha value is -3.33. The molecular formula is C82H147N2O7P. The number of ether oxygens (including phenoxy) is 1. The zero-order valence-corrected chi connectivity index (χ0v) is 61.9. The molecule has 0 fully saturated rings. The number of rotatable bonds is 70. The first-order valence-corrected chi connectivity index (χ1v) is 40.2. The van der Waals surface area contributed by atoms with Crippen LogP contribution in [0.5, 0.6) is 0 Å². The largest absolute Gasteiger partial charge is 0.756 e. The second-order valence-corrected chi connectivity index (χ2v) is 28.5. The Morgan fingerprint density at radius 1 is 0.391 bits per heavy atom. The number of carbonyl (C=O) groups excluding carboxylic acids is 2. The van der Waals surface area contributed by atoms with Crippen LogP contribution in [0.1, 0.15) is 348 Å². The number of hydrogen-bond acceptors (Lipinski definition) is 7. The van der Waals surface area contributed by atoms with E-state index >= 15 is 0 Å². The van der Waals surface area contributed by atoms with Gasteiger partial charge in [-0.3, -0.25) is 14.2 Å². The second kappa shape index (κ2) is 70.5. The van der Waals surface area contributed by atoms with Crippen molar-refractivity contribution in [1.82, 2.24) is 5.32 Å². The fourth-order valence-corrected chi connectivity index (χ4v) is 11.8. The number of phosphoric ester groups is 1. The number of nitrogens with zero attached hydrogens (tertiary/aromatic N) is 1. The van der Waals surface area contributed by atoms with Gasteiger partial charge in [-0.25, -0.2) is 0 Å². The molecule has 0 spiro atoms. The van der Waals surface area contributed by atoms with Gasteiger partial charge < -0.3 is 28.5 Å². The molecule has 0 saturated heterocycles. The van der Waals surface area contributed by atoms with Crippen molar-refractivity contribution in [3.05, 3.63) is 109 Å². The standard InChI is InChI=1S/C82H147N2O7P/c1-7-10-13-16-19-22-25-28-30-32-34-36-38-40-42-44-46-48-50-52-54-56-59-62-65-68-71-74-81(85)83-79(78-90-92(87,88)89-77-76-84(4,5)6)80(73-70-67-64-61-58-27-24-21-18-15-12-9-3)91-82(86)75-72-69-66-63-60-57-55-53-51-49-47-45-43-41-39-37-35-33-31-29-26-23-20-17-14-11-8-2/h11,14,19-20,22-23,28-31,34-37,41,43,70,73,79-80H,7-10,12-13,15-18,21,24-27,32-33,38-40,42,44-69,71-72,74-78H2,1-6H3,(H-,83,85,87,88)/b14-11-,22-19-,23-20-,30-28-,31-29-,36-34-,37-35-,43-41-,73-70+. The van der Waals surface area contributed by atoms with Gasteiger partial charge in [-0.05, 0) is 115 Å². The fourth-order valence-electron chi connectivity index (χ4n) is 11.0. The lowest BCUT2D eigenvalue weighted by molar-refractivity contribution is -0.870. The van der Waals surface area contributed by atoms with E-state index in [0.29, 0.717) is 17.4 Å². The summed E-state index contributed by atoms with van der Waals surface area (Å²) in [4.78, 5) is 40.3. The van der Waals surface area contributed by atoms with Gasteiger partial charge in [-0.2, -0.15) is 0 Å². The van der Waals surface area contributed by atoms with E-state index in [-0.39, 0.29) is 24.9 Å². The van der Waals surface area contributed by atoms with Crippen molar-refractivity contribution < 1.29 is 37.3 Å². The number of phosphoric acid groups is 1. The topological polar surface area (TPSA) is 114 Å². The highest BCUT2D eigenvalue weighted by molar-refractivity contribution is 7.45. The zero-order chi connectivity index (χ0) is 67.0. The van der Waals surface area contributed by atoms with Gasteiger partial charge in [0, 0.05) is 12.8 Å². The number of amides is 1. The van der Waals surface area contributed by atoms with Crippen molar-refractivity contribution in [2.24, 2.45) is 0 Å². The Balaban J connectivity index is 4.96. The van der Waals surface area contributed by atoms with Crippen molar-refractivity contribution in [3.63, 3.8) is 0 Å². The van der Waals surface area contributed by atoms with E-state index in [4.69, 9.17) is 13.8 Å². The van der Waals surface area contributed by atoms with Crippen molar-refractivity contribution in [3.8, 4) is 0 Å². The van der Waals surface area contributed by atoms with Crippen LogP contribution in [0.3, 0.4) is 0 Å². The molecule has 1 amide bonds. The van der Waals surface area contributed by atoms with Gasteiger partial charge in [-0.1, -0.05) is 330 Å². The van der Waals surface area contributed by atoms with Crippen molar-refractivity contribution in [1.29, 1.82) is 0 Å². The van der Waals surface area contributed by atoms with E-state index in [1.165, 1.54) is 205 Å². The minimum Gasteiger partial charge on any atom is -0.756 e. The summed E-state index contributed by atoms with van der Waals surface area (Å²) in [6.45, 7) is 6.73. The second-order valence-electron chi connectivity index (χ2n) is 27.1. The van der Waals surface area contributed by atoms with Gasteiger partial charge in [0.15, 0.2) is 0 Å². The van der Waals surface area contributed by atoms with Crippen molar-refractivity contribution in [2.45, 2.75) is 360 Å². The third kappa shape index (κ3) is 71.0. The van der Waals surface area contributed by atoms with Crippen LogP contribution < -0.4 is 10.2 Å². The molecule has 9 nitrogen and oxygen atoms in total. The first-order chi connectivity index (χ1) is 44.9. The number of hydrogen-bond donors (Lipinski definition) is 1. The van der Waals surface area contributed by atoms with Gasteiger partial charge >= 0.3 is 5.97 Å². The minimum absolute atomic E-state index is 0.0260. The number of allylic oxidation sites excluding steroid dienone is 17. The molecule has 92 heavy (non-hydrogen) atoms. The molecular weight excluding hydrogens is 1160 g/mol. The maximum atomic E-state index is 13.6. The highest BCUT2D eigenvalue weighted by Gasteiger charge is 2.27. The van der Waals surface area contributed by atoms with Crippen LogP contribution in [0, 0.1) is 0 Å². The summed E-state index contributed by atoms with van der Waals surface area (Å²) in [5.74, 6) is -0.538. The van der Waals surface area contributed by atoms with Crippen molar-refractivity contribution >= 4 is 19.7 Å². The highest BCUT2D eigenvalue weighted by Crippen LogP contribution is 2.38. The van der Waals surface area contributed by atoms with Gasteiger partial charge in [0.25, 0.3) is 7.82 Å². The number of likely N-dealkylation sites (N-methyl/N-ethyl adjacent to an activating group) is 1. The van der Waals surface area contributed by atoms with Gasteiger partial charge in [0.1, 0.15) is 19.3 Å². The minimum atomic E-state index is -4.71. The summed E-state index contributed by atoms with van der Waals surface area (Å²) < 4.78 is 30.5. The van der Waals surface area contributed by atoms with E-state index in [1.54, 1.807) is 0 Å². The summed E-state index contributed by atoms with van der Waals surface area (Å²) in [6, 6.07) is -0.897. The smallest absolute Gasteiger partial charge is 0.306 e. The van der Waals surface area contributed by atoms with E-state index < -0.39 is 26.6 Å². The van der Waals surface area contributed by atoms with Crippen LogP contribution in [-0.2, 0) is 27.9 Å². The summed E-state index contributed by atoms with van der Waals surface area (Å²) in [6.07, 6.45) is 97.9. The molecule has 532 valence electrons. The first-order valence-electron chi connectivity index (χ1n) is 38.7. The molecule has 3 unspecified atom stereocenters. The molecule has 0 aliphatic rings. The molecule has 0 aromatic rings. The van der Waals surface area contributed by atoms with Crippen LogP contribution in [0.2, 0.25) is 0 Å². The first kappa shape index (κ1) is 88.7. The van der Waals surface area contributed by atoms with Gasteiger partial charge in [-0.15, -0.1) is 0 Å². The Labute approximate surface area is 570 Å². The molecule has 0 aromatic heterocycles. The lowest BCUT2D eigenvalue weighted by Gasteiger charge is -2.30. The molecule has 10 heteroatoms. The third-order valence-corrected chi connectivity index (χ3v) is 17.9. The molecule has 0 saturated carbocycles. The Bertz CT molecular complexity index is 1940. The maximum absolute atomic E-state index is 13.6. The summed E-state index contributed by atoms with van der Waals surface area (Å²) in [7, 11) is 1.18. The predicted octanol–water partition coefficient (Wildman–Crippen LogP) is 24.6. The number of carbonyl (C=O) groups is 2. The number of unbranched alkanes of at least 4 members (excludes halogenated alkanes) is 38. The van der Waals surface area contributed by atoms with Crippen LogP contribution in [-0.4, -0.2) is 69.4 Å². The summed E-state index contributed by atoms with van der Waals surface area (Å²) in [5, 5.41) is 3.05. The van der Waals surface area contributed by atoms with E-state index in [9.17, 15) is 19.0 Å². The Morgan fingerprint density at radius 2 is 0.696 bits per heavy atom. The van der Waals surface area contributed by atoms with E-state index in [2.05, 4.69) is 123 Å². The molecule has 3 atom stereocenters. The number of quaternary nitrogens is 1. The lowest BCUT2D eigenvalue weighted by atomic mass is 10.0. The summed E-state index contributed by atoms with van der Waals surface area (Å²) in [5.41, 5.74) is 0. The Morgan fingerprint density at radius 3 is 1.07 bits per heavy atom. The lowest BCUT2D eigenvalue weighted by Crippen LogP contribution is -2.47. The molecule has 0 aliphatic carbocycles. The molecule has 0 bridgehead atoms. The molecule has 0 radical (unpaired) electrons. The van der Waals surface area contributed by atoms with Crippen LogP contribution >= 0.6 is 7.82 Å². The SMILES string of the molecule is CC/C=C\C/C=C\C/C=C\C/C=C\C/C=C\CCCCCCCCCCCCCC(=O)OC(/C=C/CCCCCCCCCCCC)C(COP(=O)([O-])OCC[N+](C)(C)C)NC(=O)CCCCCCCCCCCCCCCC/C=C\C/C=C\C/C=C\CCCCC. The predicted molar refractivity (Wildman–Crippen MR) is 399 cm³/mol. The normalized spacial score (nSPS) is 14.0. The fraction of sp³-hybridized carbons (Fsp3) is 0.756. The van der Waals surface area contributed by atoms with Gasteiger partial charge in [0.2, 0.25) is 5.91 Å². The van der Waals surface area contributed by atoms with Crippen molar-refractivity contribution in [2.75, 3.05) is 40.9 Å². The maximum Gasteiger partial charge on any atom is 0.306 e. The quantitative estimate of drug-likeness (QED) is 0.0212. The molecule has 0 aliphatic heterocycles. The number of nitrogens with one attached hydrogen (secondary N) is 1. The summed E-state index contributed by atoms with van der Waals surface area (Å²) >= 11 is 0. The van der Waals surface area contributed by atoms with E-state index in [0.717, 1.165) is 109 Å². The average Bonchev–Trinajstić information content (AvgIpc) is 3.72. The van der Waals surface area contributed by atoms with Gasteiger partial charge in [0.05, 0.1) is 33.8 Å². The molecule has 1 N–H and O–H groups in total. The molecule has 0 rings (SSSR count). The van der Waals surface area contributed by atoms with Crippen LogP contribution in [0.25, 0.3) is 0 Å². The Kier molecular flexibility index (Phi) is 67.9. The monoisotopic (exact) mass is 1300 g/mol. The number of esters is 1. The third-order valence-electron chi connectivity index (χ3n) is 16.9. The van der Waals surface area contributed by atoms with Crippen LogP contribution in [0.4, 0.5) is 0 Å². The highest BCUT2D eigenvalue weighted by atomic mass is 31.2. The average molecular weight is 1300 g/mol. The molecule has 0 heterocycles. The zero-order valence-electron chi connectivity index (χ0n) is 61.0. The van der Waals surface area contributed by atoms with Crippen LogP contribution in [0.15, 0.2) is 109 Å². The van der Waals surface area contributed by atoms with E-state index in [1.807, 2.05) is 33.3 Å². The molecule has 0 aromatic carbocycles.